The molecule has 0 atom stereocenters. The summed E-state index contributed by atoms with van der Waals surface area (Å²) in [6.45, 7) is 5.97. The third kappa shape index (κ3) is 6.71. The van der Waals surface area contributed by atoms with E-state index in [0.29, 0.717) is 19.1 Å². The molecule has 0 unspecified atom stereocenters. The van der Waals surface area contributed by atoms with Crippen LogP contribution in [0.4, 0.5) is 0 Å². The fourth-order valence-corrected chi connectivity index (χ4v) is 2.99. The molecule has 1 saturated heterocycles. The Morgan fingerprint density at radius 3 is 2.54 bits per heavy atom. The van der Waals surface area contributed by atoms with Crippen molar-refractivity contribution in [1.29, 1.82) is 0 Å². The fourth-order valence-electron chi connectivity index (χ4n) is 2.99. The number of benzene rings is 1. The molecule has 5 nitrogen and oxygen atoms in total. The summed E-state index contributed by atoms with van der Waals surface area (Å²) >= 11 is 0. The first-order valence-corrected chi connectivity index (χ1v) is 8.86. The lowest BCUT2D eigenvalue weighted by molar-refractivity contribution is -0.144. The number of ether oxygens (including phenoxy) is 1. The normalized spacial score (nSPS) is 15.9. The fraction of sp³-hybridized carbons (Fsp3) is 0.579. The van der Waals surface area contributed by atoms with Crippen molar-refractivity contribution in [2.45, 2.75) is 39.2 Å². The van der Waals surface area contributed by atoms with Gasteiger partial charge in [0.15, 0.2) is 0 Å². The van der Waals surface area contributed by atoms with Gasteiger partial charge in [0.1, 0.15) is 0 Å². The van der Waals surface area contributed by atoms with Gasteiger partial charge in [-0.3, -0.25) is 14.5 Å². The van der Waals surface area contributed by atoms with Gasteiger partial charge in [-0.1, -0.05) is 30.3 Å². The molecule has 24 heavy (non-hydrogen) atoms. The van der Waals surface area contributed by atoms with Crippen LogP contribution in [0.1, 0.15) is 38.2 Å². The van der Waals surface area contributed by atoms with E-state index in [9.17, 15) is 9.59 Å². The van der Waals surface area contributed by atoms with Gasteiger partial charge in [-0.2, -0.15) is 0 Å². The van der Waals surface area contributed by atoms with Gasteiger partial charge in [0, 0.05) is 19.5 Å². The van der Waals surface area contributed by atoms with Crippen molar-refractivity contribution in [1.82, 2.24) is 10.2 Å². The van der Waals surface area contributed by atoms with Gasteiger partial charge in [-0.05, 0) is 44.3 Å². The standard InChI is InChI=1S/C19H28N2O3/c1-2-24-19(23)9-8-18(22)20-14-16-10-12-21(13-11-16)15-17-6-4-3-5-7-17/h3-7,16H,2,8-15H2,1H3,(H,20,22). The van der Waals surface area contributed by atoms with Crippen LogP contribution < -0.4 is 5.32 Å². The molecule has 1 fully saturated rings. The number of esters is 1. The second-order valence-electron chi connectivity index (χ2n) is 6.31. The molecule has 1 aromatic carbocycles. The van der Waals surface area contributed by atoms with Crippen LogP contribution >= 0.6 is 0 Å². The van der Waals surface area contributed by atoms with Gasteiger partial charge in [0.05, 0.1) is 13.0 Å². The molecule has 1 amide bonds. The molecule has 1 aliphatic rings. The predicted molar refractivity (Wildman–Crippen MR) is 93.3 cm³/mol. The monoisotopic (exact) mass is 332 g/mol. The smallest absolute Gasteiger partial charge is 0.306 e. The average molecular weight is 332 g/mol. The molecule has 0 saturated carbocycles. The zero-order valence-corrected chi connectivity index (χ0v) is 14.5. The van der Waals surface area contributed by atoms with Gasteiger partial charge in [0.2, 0.25) is 5.91 Å². The third-order valence-electron chi connectivity index (χ3n) is 4.41. The Balaban J connectivity index is 1.59. The van der Waals surface area contributed by atoms with Gasteiger partial charge < -0.3 is 10.1 Å². The minimum Gasteiger partial charge on any atom is -0.466 e. The highest BCUT2D eigenvalue weighted by Crippen LogP contribution is 2.18. The van der Waals surface area contributed by atoms with Crippen LogP contribution in [-0.2, 0) is 20.9 Å². The van der Waals surface area contributed by atoms with Crippen LogP contribution in [0.25, 0.3) is 0 Å². The van der Waals surface area contributed by atoms with Gasteiger partial charge in [-0.25, -0.2) is 0 Å². The van der Waals surface area contributed by atoms with E-state index in [-0.39, 0.29) is 24.7 Å². The molecule has 0 spiro atoms. The molecule has 1 aliphatic heterocycles. The van der Waals surface area contributed by atoms with Crippen LogP contribution in [0.15, 0.2) is 30.3 Å². The maximum Gasteiger partial charge on any atom is 0.306 e. The van der Waals surface area contributed by atoms with E-state index < -0.39 is 0 Å². The van der Waals surface area contributed by atoms with Crippen molar-refractivity contribution < 1.29 is 14.3 Å². The summed E-state index contributed by atoms with van der Waals surface area (Å²) in [6.07, 6.45) is 2.58. The quantitative estimate of drug-likeness (QED) is 0.743. The number of hydrogen-bond donors (Lipinski definition) is 1. The summed E-state index contributed by atoms with van der Waals surface area (Å²) in [5, 5.41) is 2.95. The molecule has 0 radical (unpaired) electrons. The molecule has 0 aliphatic carbocycles. The Morgan fingerprint density at radius 2 is 1.88 bits per heavy atom. The lowest BCUT2D eigenvalue weighted by atomic mass is 9.96. The summed E-state index contributed by atoms with van der Waals surface area (Å²) in [6, 6.07) is 10.5. The predicted octanol–water partition coefficient (Wildman–Crippen LogP) is 2.36. The maximum absolute atomic E-state index is 11.8. The SMILES string of the molecule is CCOC(=O)CCC(=O)NCC1CCN(Cc2ccccc2)CC1. The van der Waals surface area contributed by atoms with E-state index in [4.69, 9.17) is 4.74 Å². The number of likely N-dealkylation sites (tertiary alicyclic amines) is 1. The summed E-state index contributed by atoms with van der Waals surface area (Å²) in [7, 11) is 0. The van der Waals surface area contributed by atoms with Crippen molar-refractivity contribution >= 4 is 11.9 Å². The van der Waals surface area contributed by atoms with Gasteiger partial charge in [-0.15, -0.1) is 0 Å². The number of nitrogens with one attached hydrogen (secondary N) is 1. The number of nitrogens with zero attached hydrogens (tertiary/aromatic N) is 1. The number of carbonyl (C=O) groups excluding carboxylic acids is 2. The highest BCUT2D eigenvalue weighted by atomic mass is 16.5. The minimum absolute atomic E-state index is 0.0604. The van der Waals surface area contributed by atoms with Crippen molar-refractivity contribution in [3.05, 3.63) is 35.9 Å². The molecule has 1 aromatic rings. The molecule has 0 bridgehead atoms. The molecule has 2 rings (SSSR count). The molecule has 5 heteroatoms. The highest BCUT2D eigenvalue weighted by Gasteiger charge is 2.19. The number of hydrogen-bond acceptors (Lipinski definition) is 4. The Hall–Kier alpha value is -1.88. The van der Waals surface area contributed by atoms with Crippen molar-refractivity contribution in [2.75, 3.05) is 26.2 Å². The Kier molecular flexibility index (Phi) is 7.75. The van der Waals surface area contributed by atoms with E-state index in [1.54, 1.807) is 6.92 Å². The van der Waals surface area contributed by atoms with Crippen LogP contribution in [0, 0.1) is 5.92 Å². The van der Waals surface area contributed by atoms with E-state index in [1.165, 1.54) is 5.56 Å². The first-order valence-electron chi connectivity index (χ1n) is 8.86. The van der Waals surface area contributed by atoms with Crippen LogP contribution in [0.3, 0.4) is 0 Å². The summed E-state index contributed by atoms with van der Waals surface area (Å²) < 4.78 is 4.82. The average Bonchev–Trinajstić information content (AvgIpc) is 2.60. The lowest BCUT2D eigenvalue weighted by Gasteiger charge is -2.32. The first kappa shape index (κ1) is 18.5. The molecule has 132 valence electrons. The lowest BCUT2D eigenvalue weighted by Crippen LogP contribution is -2.38. The van der Waals surface area contributed by atoms with Crippen molar-refractivity contribution in [3.8, 4) is 0 Å². The summed E-state index contributed by atoms with van der Waals surface area (Å²) in [4.78, 5) is 25.5. The van der Waals surface area contributed by atoms with Crippen molar-refractivity contribution in [2.24, 2.45) is 5.92 Å². The van der Waals surface area contributed by atoms with E-state index in [2.05, 4.69) is 34.5 Å². The number of piperidine rings is 1. The largest absolute Gasteiger partial charge is 0.466 e. The Labute approximate surface area is 144 Å². The number of carbonyl (C=O) groups is 2. The maximum atomic E-state index is 11.8. The summed E-state index contributed by atoms with van der Waals surface area (Å²) in [5.74, 6) is 0.167. The molecular weight excluding hydrogens is 304 g/mol. The second-order valence-corrected chi connectivity index (χ2v) is 6.31. The zero-order chi connectivity index (χ0) is 17.2. The zero-order valence-electron chi connectivity index (χ0n) is 14.5. The van der Waals surface area contributed by atoms with E-state index >= 15 is 0 Å². The molecule has 1 heterocycles. The van der Waals surface area contributed by atoms with Crippen LogP contribution in [-0.4, -0.2) is 43.0 Å². The number of rotatable bonds is 8. The molecular formula is C19H28N2O3. The van der Waals surface area contributed by atoms with Crippen LogP contribution in [0.2, 0.25) is 0 Å². The van der Waals surface area contributed by atoms with E-state index in [0.717, 1.165) is 32.5 Å². The topological polar surface area (TPSA) is 58.6 Å². The Bertz CT molecular complexity index is 511. The first-order chi connectivity index (χ1) is 11.7. The number of amides is 1. The molecule has 1 N–H and O–H groups in total. The van der Waals surface area contributed by atoms with Gasteiger partial charge in [0.25, 0.3) is 0 Å². The van der Waals surface area contributed by atoms with Crippen LogP contribution in [0.5, 0.6) is 0 Å². The minimum atomic E-state index is -0.304. The summed E-state index contributed by atoms with van der Waals surface area (Å²) in [5.41, 5.74) is 1.35. The highest BCUT2D eigenvalue weighted by molar-refractivity contribution is 5.81. The molecule has 0 aromatic heterocycles. The Morgan fingerprint density at radius 1 is 1.17 bits per heavy atom. The van der Waals surface area contributed by atoms with Gasteiger partial charge >= 0.3 is 5.97 Å². The second kappa shape index (κ2) is 10.1. The van der Waals surface area contributed by atoms with E-state index in [1.807, 2.05) is 6.07 Å². The third-order valence-corrected chi connectivity index (χ3v) is 4.41. The van der Waals surface area contributed by atoms with Crippen molar-refractivity contribution in [3.63, 3.8) is 0 Å².